The fourth-order valence-electron chi connectivity index (χ4n) is 8.20. The van der Waals surface area contributed by atoms with Crippen molar-refractivity contribution in [2.75, 3.05) is 25.0 Å². The van der Waals surface area contributed by atoms with Crippen LogP contribution in [0, 0.1) is 24.7 Å². The SMILES string of the molecule is Cc1cccc(-c2[nH]c(CN(CC3CC3)C(=O)OCc3ccc(NC(=O)[C@H](CCCNC(N)=O)CC(=O)[C@@H](NC(=O)CCCCCN4C(=O)C=CC4=O)C(C)C)cc3)nc2-c2ccc3ncnn3c2)n1. The summed E-state index contributed by atoms with van der Waals surface area (Å²) in [6.45, 7) is 6.67. The van der Waals surface area contributed by atoms with Crippen LogP contribution in [-0.4, -0.2) is 107 Å². The number of urea groups is 1. The highest BCUT2D eigenvalue weighted by Gasteiger charge is 2.31. The first kappa shape index (κ1) is 50.1. The van der Waals surface area contributed by atoms with Gasteiger partial charge in [-0.2, -0.15) is 5.10 Å². The number of Topliss-reactive ketones (excluding diaryl/α,β-unsaturated/α-hetero) is 1. The number of ether oxygens (including phenoxy) is 1. The molecule has 5 aromatic rings. The molecule has 7 rings (SSSR count). The first-order chi connectivity index (χ1) is 33.7. The molecule has 1 saturated carbocycles. The number of aromatic amines is 1. The van der Waals surface area contributed by atoms with Crippen molar-refractivity contribution in [3.8, 4) is 22.6 Å². The second kappa shape index (κ2) is 23.5. The van der Waals surface area contributed by atoms with E-state index in [0.717, 1.165) is 29.0 Å². The van der Waals surface area contributed by atoms with Gasteiger partial charge in [-0.3, -0.25) is 33.9 Å². The molecule has 70 heavy (non-hydrogen) atoms. The van der Waals surface area contributed by atoms with E-state index in [1.807, 2.05) is 57.3 Å². The maximum absolute atomic E-state index is 13.8. The van der Waals surface area contributed by atoms with Crippen molar-refractivity contribution in [3.05, 3.63) is 96.4 Å². The highest BCUT2D eigenvalue weighted by atomic mass is 16.6. The third kappa shape index (κ3) is 13.9. The van der Waals surface area contributed by atoms with E-state index in [2.05, 4.69) is 31.0 Å². The van der Waals surface area contributed by atoms with Crippen molar-refractivity contribution < 1.29 is 38.3 Å². The molecule has 6 N–H and O–H groups in total. The highest BCUT2D eigenvalue weighted by Crippen LogP contribution is 2.33. The quantitative estimate of drug-likeness (QED) is 0.0352. The number of imide groups is 1. The van der Waals surface area contributed by atoms with Crippen molar-refractivity contribution in [1.29, 1.82) is 0 Å². The lowest BCUT2D eigenvalue weighted by Crippen LogP contribution is -2.45. The van der Waals surface area contributed by atoms with E-state index in [0.29, 0.717) is 78.0 Å². The van der Waals surface area contributed by atoms with E-state index < -0.39 is 30.0 Å². The van der Waals surface area contributed by atoms with Gasteiger partial charge in [0.05, 0.1) is 29.7 Å². The zero-order chi connectivity index (χ0) is 49.7. The standard InChI is InChI=1S/C50H60N12O8/c1-31(2)45(59-42(64)12-5-4-6-24-61-43(65)21-22-44(61)66)39(63)25-35(10-8-23-52-49(51)68)48(67)56-37-18-15-34(16-19-37)29-70-50(69)60(26-33-13-14-33)28-40-57-46(36-17-20-41-53-30-54-62(41)27-36)47(58-40)38-11-7-9-32(3)55-38/h7,9,11,15-22,27,30-31,33,35,45H,4-6,8,10,12-14,23-26,28-29H2,1-3H3,(H,56,67)(H,57,58)(H,59,64)(H3,51,52,68)/t35-,45+/m1/s1. The van der Waals surface area contributed by atoms with Crippen molar-refractivity contribution in [3.63, 3.8) is 0 Å². The second-order valence-electron chi connectivity index (χ2n) is 18.2. The van der Waals surface area contributed by atoms with Crippen LogP contribution >= 0.6 is 0 Å². The number of aromatic nitrogens is 6. The van der Waals surface area contributed by atoms with Crippen LogP contribution in [0.2, 0.25) is 0 Å². The Morgan fingerprint density at radius 3 is 2.43 bits per heavy atom. The fraction of sp³-hybridized carbons (Fsp3) is 0.420. The monoisotopic (exact) mass is 956 g/mol. The molecule has 1 aliphatic heterocycles. The largest absolute Gasteiger partial charge is 0.445 e. The number of amides is 7. The lowest BCUT2D eigenvalue weighted by molar-refractivity contribution is -0.137. The highest BCUT2D eigenvalue weighted by molar-refractivity contribution is 6.12. The molecule has 1 aromatic carbocycles. The zero-order valence-electron chi connectivity index (χ0n) is 39.7. The molecule has 1 fully saturated rings. The first-order valence-electron chi connectivity index (χ1n) is 23.7. The maximum atomic E-state index is 13.8. The Bertz CT molecular complexity index is 2710. The van der Waals surface area contributed by atoms with Crippen LogP contribution in [-0.2, 0) is 41.9 Å². The summed E-state index contributed by atoms with van der Waals surface area (Å²) in [6, 6.07) is 14.9. The van der Waals surface area contributed by atoms with Gasteiger partial charge in [0.1, 0.15) is 18.8 Å². The molecule has 20 heteroatoms. The van der Waals surface area contributed by atoms with Gasteiger partial charge < -0.3 is 36.3 Å². The molecule has 368 valence electrons. The number of rotatable bonds is 25. The number of aryl methyl sites for hydroxylation is 1. The van der Waals surface area contributed by atoms with E-state index in [9.17, 15) is 33.6 Å². The van der Waals surface area contributed by atoms with Gasteiger partial charge in [0.25, 0.3) is 11.8 Å². The number of benzene rings is 1. The zero-order valence-corrected chi connectivity index (χ0v) is 39.7. The van der Waals surface area contributed by atoms with Crippen molar-refractivity contribution >= 4 is 52.9 Å². The molecule has 4 aromatic heterocycles. The topological polar surface area (TPSA) is 269 Å². The van der Waals surface area contributed by atoms with Crippen LogP contribution in [0.5, 0.6) is 0 Å². The summed E-state index contributed by atoms with van der Waals surface area (Å²) in [5.74, 6) is -1.86. The Morgan fingerprint density at radius 1 is 0.943 bits per heavy atom. The molecule has 5 heterocycles. The molecule has 0 spiro atoms. The number of H-pyrrole nitrogens is 1. The minimum absolute atomic E-state index is 0.0291. The van der Waals surface area contributed by atoms with Gasteiger partial charge >= 0.3 is 12.1 Å². The summed E-state index contributed by atoms with van der Waals surface area (Å²) in [5.41, 5.74) is 10.8. The first-order valence-corrected chi connectivity index (χ1v) is 23.7. The Hall–Kier alpha value is -7.77. The second-order valence-corrected chi connectivity index (χ2v) is 18.2. The number of ketones is 1. The normalized spacial score (nSPS) is 14.2. The minimum Gasteiger partial charge on any atom is -0.445 e. The van der Waals surface area contributed by atoms with Gasteiger partial charge in [0.2, 0.25) is 11.8 Å². The Kier molecular flexibility index (Phi) is 16.8. The summed E-state index contributed by atoms with van der Waals surface area (Å²) in [7, 11) is 0. The van der Waals surface area contributed by atoms with E-state index in [4.69, 9.17) is 20.4 Å². The third-order valence-electron chi connectivity index (χ3n) is 12.2. The average Bonchev–Trinajstić information content (AvgIpc) is 3.69. The van der Waals surface area contributed by atoms with Crippen LogP contribution < -0.4 is 21.7 Å². The molecule has 0 bridgehead atoms. The van der Waals surface area contributed by atoms with E-state index in [-0.39, 0.29) is 74.9 Å². The smallest absolute Gasteiger partial charge is 0.410 e. The van der Waals surface area contributed by atoms with Gasteiger partial charge in [-0.15, -0.1) is 0 Å². The number of hydrogen-bond acceptors (Lipinski definition) is 12. The summed E-state index contributed by atoms with van der Waals surface area (Å²) >= 11 is 0. The van der Waals surface area contributed by atoms with E-state index >= 15 is 0 Å². The van der Waals surface area contributed by atoms with Gasteiger partial charge in [0.15, 0.2) is 11.4 Å². The number of nitrogens with two attached hydrogens (primary N) is 1. The van der Waals surface area contributed by atoms with Crippen molar-refractivity contribution in [1.82, 2.24) is 50.0 Å². The summed E-state index contributed by atoms with van der Waals surface area (Å²) in [4.78, 5) is 109. The molecular formula is C50H60N12O8. The molecule has 1 aliphatic carbocycles. The van der Waals surface area contributed by atoms with Crippen LogP contribution in [0.1, 0.15) is 88.7 Å². The maximum Gasteiger partial charge on any atom is 0.410 e. The Balaban J connectivity index is 0.943. The summed E-state index contributed by atoms with van der Waals surface area (Å²) in [6.07, 6.45) is 9.59. The lowest BCUT2D eigenvalue weighted by atomic mass is 9.89. The Morgan fingerprint density at radius 2 is 1.71 bits per heavy atom. The molecular weight excluding hydrogens is 897 g/mol. The number of hydrogen-bond donors (Lipinski definition) is 5. The number of imidazole rings is 1. The molecule has 2 atom stereocenters. The summed E-state index contributed by atoms with van der Waals surface area (Å²) in [5, 5.41) is 12.5. The van der Waals surface area contributed by atoms with E-state index in [1.165, 1.54) is 18.5 Å². The molecule has 20 nitrogen and oxygen atoms in total. The molecule has 0 unspecified atom stereocenters. The third-order valence-corrected chi connectivity index (χ3v) is 12.2. The van der Waals surface area contributed by atoms with Gasteiger partial charge in [-0.05, 0) is 99.2 Å². The minimum atomic E-state index is -0.842. The average molecular weight is 957 g/mol. The van der Waals surface area contributed by atoms with Crippen molar-refractivity contribution in [2.24, 2.45) is 23.5 Å². The van der Waals surface area contributed by atoms with E-state index in [1.54, 1.807) is 33.7 Å². The number of anilines is 1. The fourth-order valence-corrected chi connectivity index (χ4v) is 8.20. The van der Waals surface area contributed by atoms with Gasteiger partial charge in [-0.1, -0.05) is 38.5 Å². The number of primary amides is 1. The molecule has 2 aliphatic rings. The van der Waals surface area contributed by atoms with Gasteiger partial charge in [-0.25, -0.2) is 24.1 Å². The number of nitrogens with one attached hydrogen (secondary N) is 4. The Labute approximate surface area is 405 Å². The van der Waals surface area contributed by atoms with Crippen LogP contribution in [0.3, 0.4) is 0 Å². The summed E-state index contributed by atoms with van der Waals surface area (Å²) < 4.78 is 7.53. The molecule has 0 radical (unpaired) electrons. The number of unbranched alkanes of at least 4 members (excludes halogenated alkanes) is 2. The van der Waals surface area contributed by atoms with Gasteiger partial charge in [0, 0.05) is 73.7 Å². The van der Waals surface area contributed by atoms with Crippen molar-refractivity contribution in [2.45, 2.75) is 97.8 Å². The number of pyridine rings is 2. The molecule has 7 amide bonds. The lowest BCUT2D eigenvalue weighted by Gasteiger charge is -2.24. The number of fused-ring (bicyclic) bond motifs is 1. The van der Waals surface area contributed by atoms with Crippen LogP contribution in [0.4, 0.5) is 15.3 Å². The predicted octanol–water partition coefficient (Wildman–Crippen LogP) is 5.63. The molecule has 0 saturated heterocycles. The predicted molar refractivity (Wildman–Crippen MR) is 258 cm³/mol. The number of carbonyl (C=O) groups is 7. The number of nitrogens with zero attached hydrogens (tertiary/aromatic N) is 7. The van der Waals surface area contributed by atoms with Crippen LogP contribution in [0.15, 0.2) is 79.3 Å². The van der Waals surface area contributed by atoms with Crippen LogP contribution in [0.25, 0.3) is 28.3 Å². The number of carbonyl (C=O) groups excluding carboxylic acids is 7.